The molecule has 2 nitrogen and oxygen atoms in total. The molecular formula is C14H13F3N2. The fourth-order valence-corrected chi connectivity index (χ4v) is 1.78. The van der Waals surface area contributed by atoms with E-state index < -0.39 is 11.7 Å². The number of aryl methyl sites for hydroxylation is 1. The Morgan fingerprint density at radius 2 is 1.68 bits per heavy atom. The Kier molecular flexibility index (Phi) is 3.38. The third-order valence-corrected chi connectivity index (χ3v) is 2.71. The molecule has 0 atom stereocenters. The maximum atomic E-state index is 12.8. The number of nitrogens with two attached hydrogens (primary N) is 1. The lowest BCUT2D eigenvalue weighted by atomic mass is 10.1. The van der Waals surface area contributed by atoms with E-state index >= 15 is 0 Å². The number of rotatable bonds is 2. The predicted molar refractivity (Wildman–Crippen MR) is 70.3 cm³/mol. The molecule has 3 N–H and O–H groups in total. The zero-order valence-corrected chi connectivity index (χ0v) is 10.3. The van der Waals surface area contributed by atoms with Crippen molar-refractivity contribution in [2.24, 2.45) is 0 Å². The molecule has 0 unspecified atom stereocenters. The fourth-order valence-electron chi connectivity index (χ4n) is 1.78. The minimum atomic E-state index is -4.40. The summed E-state index contributed by atoms with van der Waals surface area (Å²) in [7, 11) is 0. The van der Waals surface area contributed by atoms with Gasteiger partial charge in [0.15, 0.2) is 0 Å². The van der Waals surface area contributed by atoms with Gasteiger partial charge in [-0.15, -0.1) is 0 Å². The van der Waals surface area contributed by atoms with Gasteiger partial charge in [0.2, 0.25) is 0 Å². The Balaban J connectivity index is 2.39. The Morgan fingerprint density at radius 3 is 2.32 bits per heavy atom. The van der Waals surface area contributed by atoms with Crippen LogP contribution in [0.25, 0.3) is 0 Å². The average molecular weight is 266 g/mol. The van der Waals surface area contributed by atoms with Gasteiger partial charge in [-0.2, -0.15) is 13.2 Å². The van der Waals surface area contributed by atoms with Gasteiger partial charge >= 0.3 is 6.18 Å². The molecule has 0 saturated carbocycles. The number of nitrogen functional groups attached to an aromatic ring is 1. The van der Waals surface area contributed by atoms with Crippen molar-refractivity contribution < 1.29 is 13.2 Å². The SMILES string of the molecule is Cc1ccc(Nc2ccccc2C(F)(F)F)c(N)c1. The molecule has 2 aromatic carbocycles. The number of benzene rings is 2. The molecule has 0 saturated heterocycles. The average Bonchev–Trinajstić information content (AvgIpc) is 2.32. The number of para-hydroxylation sites is 1. The van der Waals surface area contributed by atoms with Gasteiger partial charge in [0, 0.05) is 0 Å². The first-order chi connectivity index (χ1) is 8.88. The van der Waals surface area contributed by atoms with Crippen molar-refractivity contribution in [3.05, 3.63) is 53.6 Å². The summed E-state index contributed by atoms with van der Waals surface area (Å²) in [6.07, 6.45) is -4.40. The summed E-state index contributed by atoms with van der Waals surface area (Å²) < 4.78 is 38.5. The van der Waals surface area contributed by atoms with Crippen LogP contribution in [0.2, 0.25) is 0 Å². The van der Waals surface area contributed by atoms with Gasteiger partial charge in [-0.05, 0) is 36.8 Å². The van der Waals surface area contributed by atoms with E-state index in [1.54, 1.807) is 24.3 Å². The van der Waals surface area contributed by atoms with Crippen molar-refractivity contribution in [3.63, 3.8) is 0 Å². The highest BCUT2D eigenvalue weighted by Gasteiger charge is 2.33. The fraction of sp³-hybridized carbons (Fsp3) is 0.143. The molecule has 0 aliphatic carbocycles. The Labute approximate surface area is 109 Å². The van der Waals surface area contributed by atoms with Crippen LogP contribution in [0.3, 0.4) is 0 Å². The quantitative estimate of drug-likeness (QED) is 0.793. The summed E-state index contributed by atoms with van der Waals surface area (Å²) in [6, 6.07) is 10.5. The first-order valence-electron chi connectivity index (χ1n) is 5.67. The largest absolute Gasteiger partial charge is 0.418 e. The number of halogens is 3. The second-order valence-corrected chi connectivity index (χ2v) is 4.26. The second kappa shape index (κ2) is 4.84. The topological polar surface area (TPSA) is 38.0 Å². The molecule has 0 aliphatic rings. The Bertz CT molecular complexity index is 591. The monoisotopic (exact) mass is 266 g/mol. The van der Waals surface area contributed by atoms with E-state index in [0.717, 1.165) is 11.6 Å². The Morgan fingerprint density at radius 1 is 1.00 bits per heavy atom. The van der Waals surface area contributed by atoms with Crippen molar-refractivity contribution in [3.8, 4) is 0 Å². The summed E-state index contributed by atoms with van der Waals surface area (Å²) in [4.78, 5) is 0. The van der Waals surface area contributed by atoms with Gasteiger partial charge in [-0.25, -0.2) is 0 Å². The van der Waals surface area contributed by atoms with Crippen LogP contribution in [-0.2, 0) is 6.18 Å². The van der Waals surface area contributed by atoms with Crippen LogP contribution in [0, 0.1) is 6.92 Å². The van der Waals surface area contributed by atoms with E-state index in [4.69, 9.17) is 5.73 Å². The molecule has 19 heavy (non-hydrogen) atoms. The number of hydrogen-bond donors (Lipinski definition) is 2. The summed E-state index contributed by atoms with van der Waals surface area (Å²) >= 11 is 0. The molecule has 0 aliphatic heterocycles. The summed E-state index contributed by atoms with van der Waals surface area (Å²) in [5, 5.41) is 2.73. The minimum absolute atomic E-state index is 0.00875. The third-order valence-electron chi connectivity index (χ3n) is 2.71. The van der Waals surface area contributed by atoms with Gasteiger partial charge in [0.05, 0.1) is 22.6 Å². The number of hydrogen-bond acceptors (Lipinski definition) is 2. The van der Waals surface area contributed by atoms with Crippen LogP contribution in [0.1, 0.15) is 11.1 Å². The molecule has 2 aromatic rings. The first kappa shape index (κ1) is 13.3. The smallest absolute Gasteiger partial charge is 0.397 e. The van der Waals surface area contributed by atoms with Crippen LogP contribution in [0.4, 0.5) is 30.2 Å². The van der Waals surface area contributed by atoms with Crippen LogP contribution in [-0.4, -0.2) is 0 Å². The highest BCUT2D eigenvalue weighted by molar-refractivity contribution is 5.74. The maximum absolute atomic E-state index is 12.8. The summed E-state index contributed by atoms with van der Waals surface area (Å²) in [5.74, 6) is 0. The van der Waals surface area contributed by atoms with E-state index in [1.165, 1.54) is 12.1 Å². The lowest BCUT2D eigenvalue weighted by Gasteiger charge is -2.15. The van der Waals surface area contributed by atoms with Crippen LogP contribution >= 0.6 is 0 Å². The van der Waals surface area contributed by atoms with Crippen molar-refractivity contribution in [1.82, 2.24) is 0 Å². The van der Waals surface area contributed by atoms with E-state index in [9.17, 15) is 13.2 Å². The lowest BCUT2D eigenvalue weighted by Crippen LogP contribution is -2.09. The van der Waals surface area contributed by atoms with Gasteiger partial charge in [-0.1, -0.05) is 18.2 Å². The standard InChI is InChI=1S/C14H13F3N2/c1-9-6-7-13(11(18)8-9)19-12-5-3-2-4-10(12)14(15,16)17/h2-8,19H,18H2,1H3. The minimum Gasteiger partial charge on any atom is -0.397 e. The predicted octanol–water partition coefficient (Wildman–Crippen LogP) is 4.34. The number of nitrogens with one attached hydrogen (secondary N) is 1. The third kappa shape index (κ3) is 2.99. The van der Waals surface area contributed by atoms with Gasteiger partial charge in [-0.3, -0.25) is 0 Å². The van der Waals surface area contributed by atoms with E-state index in [-0.39, 0.29) is 5.69 Å². The molecule has 0 radical (unpaired) electrons. The summed E-state index contributed by atoms with van der Waals surface area (Å²) in [5.41, 5.74) is 6.89. The number of alkyl halides is 3. The van der Waals surface area contributed by atoms with Crippen molar-refractivity contribution >= 4 is 17.1 Å². The van der Waals surface area contributed by atoms with Crippen molar-refractivity contribution in [1.29, 1.82) is 0 Å². The Hall–Kier alpha value is -2.17. The van der Waals surface area contributed by atoms with Crippen LogP contribution < -0.4 is 11.1 Å². The normalized spacial score (nSPS) is 11.4. The number of anilines is 3. The van der Waals surface area contributed by atoms with Crippen LogP contribution in [0.5, 0.6) is 0 Å². The molecule has 0 bridgehead atoms. The highest BCUT2D eigenvalue weighted by Crippen LogP contribution is 2.36. The molecule has 0 fully saturated rings. The van der Waals surface area contributed by atoms with Crippen molar-refractivity contribution in [2.75, 3.05) is 11.1 Å². The molecule has 0 heterocycles. The first-order valence-corrected chi connectivity index (χ1v) is 5.67. The molecule has 100 valence electrons. The molecule has 5 heteroatoms. The lowest BCUT2D eigenvalue weighted by molar-refractivity contribution is -0.136. The maximum Gasteiger partial charge on any atom is 0.418 e. The molecule has 2 rings (SSSR count). The molecule has 0 aromatic heterocycles. The summed E-state index contributed by atoms with van der Waals surface area (Å²) in [6.45, 7) is 1.86. The molecular weight excluding hydrogens is 253 g/mol. The highest BCUT2D eigenvalue weighted by atomic mass is 19.4. The van der Waals surface area contributed by atoms with Gasteiger partial charge in [0.1, 0.15) is 0 Å². The van der Waals surface area contributed by atoms with Gasteiger partial charge in [0.25, 0.3) is 0 Å². The zero-order valence-electron chi connectivity index (χ0n) is 10.3. The van der Waals surface area contributed by atoms with Crippen LogP contribution in [0.15, 0.2) is 42.5 Å². The van der Waals surface area contributed by atoms with Crippen molar-refractivity contribution in [2.45, 2.75) is 13.1 Å². The molecule has 0 spiro atoms. The van der Waals surface area contributed by atoms with Gasteiger partial charge < -0.3 is 11.1 Å². The zero-order chi connectivity index (χ0) is 14.0. The van der Waals surface area contributed by atoms with E-state index in [1.807, 2.05) is 6.92 Å². The second-order valence-electron chi connectivity index (χ2n) is 4.26. The molecule has 0 amide bonds. The van der Waals surface area contributed by atoms with E-state index in [2.05, 4.69) is 5.32 Å². The van der Waals surface area contributed by atoms with E-state index in [0.29, 0.717) is 11.4 Å².